The van der Waals surface area contributed by atoms with Crippen LogP contribution in [0.15, 0.2) is 42.5 Å². The van der Waals surface area contributed by atoms with E-state index in [1.807, 2.05) is 0 Å². The smallest absolute Gasteiger partial charge is 0.164 e. The number of carbonyl (C=O) groups is 1. The molecule has 0 saturated carbocycles. The molecule has 0 fully saturated rings. The van der Waals surface area contributed by atoms with Crippen molar-refractivity contribution in [2.75, 3.05) is 11.9 Å². The Balaban J connectivity index is 2.60. The Hall–Kier alpha value is -2.67. The van der Waals surface area contributed by atoms with Crippen LogP contribution in [0.3, 0.4) is 0 Å². The van der Waals surface area contributed by atoms with Crippen molar-refractivity contribution in [3.05, 3.63) is 59.4 Å². The van der Waals surface area contributed by atoms with Crippen LogP contribution < -0.4 is 4.90 Å². The average molecular weight is 268 g/mol. The Morgan fingerprint density at radius 2 is 1.80 bits per heavy atom. The van der Waals surface area contributed by atoms with E-state index in [1.165, 1.54) is 13.0 Å². The molecule has 100 valence electrons. The molecule has 2 aromatic rings. The normalized spacial score (nSPS) is 9.90. The summed E-state index contributed by atoms with van der Waals surface area (Å²) in [5, 5.41) is 9.13. The molecule has 0 unspecified atom stereocenters. The van der Waals surface area contributed by atoms with Gasteiger partial charge in [0.15, 0.2) is 5.78 Å². The van der Waals surface area contributed by atoms with Gasteiger partial charge in [0.1, 0.15) is 11.9 Å². The van der Waals surface area contributed by atoms with Crippen LogP contribution in [-0.2, 0) is 0 Å². The van der Waals surface area contributed by atoms with Gasteiger partial charge in [-0.2, -0.15) is 5.26 Å². The number of benzene rings is 2. The van der Waals surface area contributed by atoms with Crippen LogP contribution in [0, 0.1) is 17.1 Å². The molecule has 0 aliphatic heterocycles. The first-order valence-electron chi connectivity index (χ1n) is 6.08. The van der Waals surface area contributed by atoms with Crippen LogP contribution in [0.4, 0.5) is 15.8 Å². The second-order valence-corrected chi connectivity index (χ2v) is 4.38. The molecule has 0 saturated heterocycles. The SMILES string of the molecule is CC(=O)c1c(F)cccc1N(C)c1ccccc1C#N. The third-order valence-corrected chi connectivity index (χ3v) is 3.09. The van der Waals surface area contributed by atoms with Crippen molar-refractivity contribution in [2.24, 2.45) is 0 Å². The number of anilines is 2. The molecule has 0 bridgehead atoms. The van der Waals surface area contributed by atoms with Crippen LogP contribution in [0.5, 0.6) is 0 Å². The van der Waals surface area contributed by atoms with Crippen LogP contribution in [-0.4, -0.2) is 12.8 Å². The van der Waals surface area contributed by atoms with Crippen molar-refractivity contribution < 1.29 is 9.18 Å². The van der Waals surface area contributed by atoms with Gasteiger partial charge in [-0.3, -0.25) is 4.79 Å². The zero-order valence-electron chi connectivity index (χ0n) is 11.2. The van der Waals surface area contributed by atoms with Crippen molar-refractivity contribution in [3.63, 3.8) is 0 Å². The van der Waals surface area contributed by atoms with E-state index in [-0.39, 0.29) is 11.3 Å². The summed E-state index contributed by atoms with van der Waals surface area (Å²) in [5.41, 5.74) is 1.57. The van der Waals surface area contributed by atoms with Gasteiger partial charge in [0.05, 0.1) is 22.5 Å². The summed E-state index contributed by atoms with van der Waals surface area (Å²) in [7, 11) is 1.71. The number of ketones is 1. The Morgan fingerprint density at radius 3 is 2.45 bits per heavy atom. The molecule has 0 heterocycles. The molecule has 20 heavy (non-hydrogen) atoms. The van der Waals surface area contributed by atoms with Gasteiger partial charge in [-0.15, -0.1) is 0 Å². The maximum Gasteiger partial charge on any atom is 0.164 e. The van der Waals surface area contributed by atoms with Crippen molar-refractivity contribution in [3.8, 4) is 6.07 Å². The first-order chi connectivity index (χ1) is 9.56. The summed E-state index contributed by atoms with van der Waals surface area (Å²) in [4.78, 5) is 13.3. The van der Waals surface area contributed by atoms with E-state index in [0.29, 0.717) is 16.9 Å². The average Bonchev–Trinajstić information content (AvgIpc) is 2.45. The zero-order valence-corrected chi connectivity index (χ0v) is 11.2. The van der Waals surface area contributed by atoms with Crippen LogP contribution in [0.2, 0.25) is 0 Å². The summed E-state index contributed by atoms with van der Waals surface area (Å²) < 4.78 is 13.8. The van der Waals surface area contributed by atoms with E-state index in [2.05, 4.69) is 6.07 Å². The van der Waals surface area contributed by atoms with Gasteiger partial charge in [-0.05, 0) is 31.2 Å². The largest absolute Gasteiger partial charge is 0.343 e. The number of hydrogen-bond acceptors (Lipinski definition) is 3. The van der Waals surface area contributed by atoms with Gasteiger partial charge in [-0.25, -0.2) is 4.39 Å². The highest BCUT2D eigenvalue weighted by molar-refractivity contribution is 6.01. The standard InChI is InChI=1S/C16H13FN2O/c1-11(20)16-13(17)7-5-9-15(16)19(2)14-8-4-3-6-12(14)10-18/h3-9H,1-2H3. The van der Waals surface area contributed by atoms with Gasteiger partial charge in [0, 0.05) is 7.05 Å². The lowest BCUT2D eigenvalue weighted by molar-refractivity contribution is 0.101. The molecule has 3 nitrogen and oxygen atoms in total. The molecule has 2 aromatic carbocycles. The monoisotopic (exact) mass is 268 g/mol. The van der Waals surface area contributed by atoms with E-state index in [9.17, 15) is 9.18 Å². The molecule has 0 N–H and O–H groups in total. The van der Waals surface area contributed by atoms with Gasteiger partial charge >= 0.3 is 0 Å². The molecule has 0 spiro atoms. The number of rotatable bonds is 3. The number of nitriles is 1. The molecular formula is C16H13FN2O. The molecule has 0 atom stereocenters. The van der Waals surface area contributed by atoms with Crippen molar-refractivity contribution in [1.82, 2.24) is 0 Å². The van der Waals surface area contributed by atoms with Crippen molar-refractivity contribution in [1.29, 1.82) is 5.26 Å². The minimum atomic E-state index is -0.559. The topological polar surface area (TPSA) is 44.1 Å². The lowest BCUT2D eigenvalue weighted by Crippen LogP contribution is -2.15. The van der Waals surface area contributed by atoms with Gasteiger partial charge in [-0.1, -0.05) is 18.2 Å². The maximum absolute atomic E-state index is 13.8. The number of Topliss-reactive ketones (excluding diaryl/α,β-unsaturated/α-hetero) is 1. The second kappa shape index (κ2) is 5.54. The quantitative estimate of drug-likeness (QED) is 0.798. The van der Waals surface area contributed by atoms with Gasteiger partial charge in [0.2, 0.25) is 0 Å². The minimum Gasteiger partial charge on any atom is -0.343 e. The van der Waals surface area contributed by atoms with E-state index in [1.54, 1.807) is 48.3 Å². The van der Waals surface area contributed by atoms with E-state index in [0.717, 1.165) is 0 Å². The van der Waals surface area contributed by atoms with Gasteiger partial charge < -0.3 is 4.90 Å². The van der Waals surface area contributed by atoms with E-state index in [4.69, 9.17) is 5.26 Å². The van der Waals surface area contributed by atoms with Crippen molar-refractivity contribution in [2.45, 2.75) is 6.92 Å². The third-order valence-electron chi connectivity index (χ3n) is 3.09. The first-order valence-corrected chi connectivity index (χ1v) is 6.08. The van der Waals surface area contributed by atoms with Crippen LogP contribution in [0.25, 0.3) is 0 Å². The first kappa shape index (κ1) is 13.8. The van der Waals surface area contributed by atoms with E-state index >= 15 is 0 Å². The molecule has 2 rings (SSSR count). The molecular weight excluding hydrogens is 255 g/mol. The Labute approximate surface area is 116 Å². The summed E-state index contributed by atoms with van der Waals surface area (Å²) in [6.45, 7) is 1.33. The number of carbonyl (C=O) groups excluding carboxylic acids is 1. The summed E-state index contributed by atoms with van der Waals surface area (Å²) in [6, 6.07) is 13.5. The zero-order chi connectivity index (χ0) is 14.7. The molecule has 0 aliphatic rings. The fourth-order valence-corrected chi connectivity index (χ4v) is 2.13. The molecule has 0 radical (unpaired) electrons. The maximum atomic E-state index is 13.8. The lowest BCUT2D eigenvalue weighted by Gasteiger charge is -2.23. The summed E-state index contributed by atoms with van der Waals surface area (Å²) in [5.74, 6) is -0.907. The van der Waals surface area contributed by atoms with Crippen LogP contribution in [0.1, 0.15) is 22.8 Å². The predicted molar refractivity (Wildman–Crippen MR) is 75.6 cm³/mol. The second-order valence-electron chi connectivity index (χ2n) is 4.38. The highest BCUT2D eigenvalue weighted by Gasteiger charge is 2.18. The third kappa shape index (κ3) is 2.39. The number of nitrogens with zero attached hydrogens (tertiary/aromatic N) is 2. The Kier molecular flexibility index (Phi) is 3.81. The Bertz CT molecular complexity index is 704. The highest BCUT2D eigenvalue weighted by Crippen LogP contribution is 2.30. The molecule has 0 amide bonds. The van der Waals surface area contributed by atoms with Crippen LogP contribution >= 0.6 is 0 Å². The van der Waals surface area contributed by atoms with Gasteiger partial charge in [0.25, 0.3) is 0 Å². The number of para-hydroxylation sites is 1. The summed E-state index contributed by atoms with van der Waals surface area (Å²) in [6.07, 6.45) is 0. The highest BCUT2D eigenvalue weighted by atomic mass is 19.1. The minimum absolute atomic E-state index is 0.0303. The number of hydrogen-bond donors (Lipinski definition) is 0. The lowest BCUT2D eigenvalue weighted by atomic mass is 10.1. The fourth-order valence-electron chi connectivity index (χ4n) is 2.13. The molecule has 0 aliphatic carbocycles. The van der Waals surface area contributed by atoms with Crippen molar-refractivity contribution >= 4 is 17.2 Å². The molecule has 0 aromatic heterocycles. The predicted octanol–water partition coefficient (Wildman–Crippen LogP) is 3.67. The summed E-state index contributed by atoms with van der Waals surface area (Å²) >= 11 is 0. The van der Waals surface area contributed by atoms with E-state index < -0.39 is 5.82 Å². The number of halogens is 1. The fraction of sp³-hybridized carbons (Fsp3) is 0.125. The Morgan fingerprint density at radius 1 is 1.15 bits per heavy atom. The molecule has 4 heteroatoms.